The Morgan fingerprint density at radius 3 is 2.95 bits per heavy atom. The summed E-state index contributed by atoms with van der Waals surface area (Å²) in [4.78, 5) is 26.3. The number of rotatable bonds is 4. The van der Waals surface area contributed by atoms with Gasteiger partial charge in [-0.3, -0.25) is 15.1 Å². The van der Waals surface area contributed by atoms with Crippen LogP contribution < -0.4 is 10.6 Å². The van der Waals surface area contributed by atoms with Gasteiger partial charge < -0.3 is 5.32 Å². The second-order valence-corrected chi connectivity index (χ2v) is 5.95. The van der Waals surface area contributed by atoms with Gasteiger partial charge in [0.05, 0.1) is 18.1 Å². The van der Waals surface area contributed by atoms with Gasteiger partial charge in [-0.25, -0.2) is 9.97 Å². The molecule has 0 bridgehead atoms. The predicted octanol–water partition coefficient (Wildman–Crippen LogP) is 2.50. The summed E-state index contributed by atoms with van der Waals surface area (Å²) in [6.07, 6.45) is 7.53. The number of hydrogen-bond donors (Lipinski definition) is 2. The van der Waals surface area contributed by atoms with Gasteiger partial charge in [-0.05, 0) is 32.6 Å². The Kier molecular flexibility index (Phi) is 4.10. The quantitative estimate of drug-likeness (QED) is 0.907. The molecule has 110 valence electrons. The van der Waals surface area contributed by atoms with E-state index in [1.54, 1.807) is 17.5 Å². The highest BCUT2D eigenvalue weighted by Crippen LogP contribution is 2.29. The average Bonchev–Trinajstić information content (AvgIpc) is 2.90. The van der Waals surface area contributed by atoms with E-state index >= 15 is 0 Å². The van der Waals surface area contributed by atoms with Crippen LogP contribution in [0.25, 0.3) is 0 Å². The molecule has 0 spiro atoms. The highest BCUT2D eigenvalue weighted by atomic mass is 32.1. The van der Waals surface area contributed by atoms with Crippen LogP contribution in [0.15, 0.2) is 12.4 Å². The van der Waals surface area contributed by atoms with Gasteiger partial charge in [0.1, 0.15) is 11.5 Å². The molecule has 2 N–H and O–H groups in total. The van der Waals surface area contributed by atoms with E-state index in [2.05, 4.69) is 25.6 Å². The van der Waals surface area contributed by atoms with Gasteiger partial charge >= 0.3 is 0 Å². The highest BCUT2D eigenvalue weighted by Gasteiger charge is 2.17. The van der Waals surface area contributed by atoms with Crippen LogP contribution in [-0.2, 0) is 12.8 Å². The van der Waals surface area contributed by atoms with Crippen LogP contribution in [0.3, 0.4) is 0 Å². The van der Waals surface area contributed by atoms with Crippen molar-refractivity contribution in [3.8, 4) is 0 Å². The van der Waals surface area contributed by atoms with E-state index < -0.39 is 0 Å². The number of carbonyl (C=O) groups is 1. The van der Waals surface area contributed by atoms with E-state index in [1.165, 1.54) is 23.9 Å². The molecule has 0 fully saturated rings. The Bertz CT molecular complexity index is 631. The molecule has 0 radical (unpaired) electrons. The number of aryl methyl sites for hydroxylation is 2. The van der Waals surface area contributed by atoms with Gasteiger partial charge in [0.2, 0.25) is 0 Å². The Morgan fingerprint density at radius 2 is 2.14 bits per heavy atom. The molecule has 2 heterocycles. The molecule has 0 aliphatic heterocycles. The molecule has 0 saturated carbocycles. The minimum Gasteiger partial charge on any atom is -0.369 e. The van der Waals surface area contributed by atoms with Crippen molar-refractivity contribution in [2.75, 3.05) is 17.2 Å². The molecule has 3 rings (SSSR count). The third-order valence-corrected chi connectivity index (χ3v) is 4.36. The largest absolute Gasteiger partial charge is 0.369 e. The van der Waals surface area contributed by atoms with E-state index in [0.29, 0.717) is 16.6 Å². The number of nitrogens with zero attached hydrogens (tertiary/aromatic N) is 3. The summed E-state index contributed by atoms with van der Waals surface area (Å²) in [7, 11) is 0. The van der Waals surface area contributed by atoms with Crippen LogP contribution in [0.2, 0.25) is 0 Å². The number of aromatic nitrogens is 3. The third-order valence-electron chi connectivity index (χ3n) is 3.29. The fraction of sp³-hybridized carbons (Fsp3) is 0.429. The van der Waals surface area contributed by atoms with Crippen molar-refractivity contribution in [2.45, 2.75) is 32.6 Å². The SMILES string of the molecule is CCNc1cncc(C(=O)Nc2nc3c(s2)CCCC3)n1. The number of thiazole rings is 1. The maximum Gasteiger partial charge on any atom is 0.277 e. The summed E-state index contributed by atoms with van der Waals surface area (Å²) in [6.45, 7) is 2.70. The minimum absolute atomic E-state index is 0.270. The lowest BCUT2D eigenvalue weighted by atomic mass is 10.0. The molecule has 1 aliphatic rings. The van der Waals surface area contributed by atoms with Crippen LogP contribution >= 0.6 is 11.3 Å². The minimum atomic E-state index is -0.270. The van der Waals surface area contributed by atoms with Crippen LogP contribution in [0.1, 0.15) is 40.8 Å². The van der Waals surface area contributed by atoms with Crippen LogP contribution in [-0.4, -0.2) is 27.4 Å². The van der Waals surface area contributed by atoms with E-state index in [9.17, 15) is 4.79 Å². The first kappa shape index (κ1) is 13.9. The Balaban J connectivity index is 1.73. The Labute approximate surface area is 127 Å². The summed E-state index contributed by atoms with van der Waals surface area (Å²) in [5.74, 6) is 0.330. The van der Waals surface area contributed by atoms with Crippen LogP contribution in [0.5, 0.6) is 0 Å². The first-order valence-corrected chi connectivity index (χ1v) is 7.93. The molecular formula is C14H17N5OS. The smallest absolute Gasteiger partial charge is 0.277 e. The maximum absolute atomic E-state index is 12.2. The molecule has 21 heavy (non-hydrogen) atoms. The monoisotopic (exact) mass is 303 g/mol. The first-order chi connectivity index (χ1) is 10.3. The second kappa shape index (κ2) is 6.17. The molecule has 0 unspecified atom stereocenters. The number of hydrogen-bond acceptors (Lipinski definition) is 6. The highest BCUT2D eigenvalue weighted by molar-refractivity contribution is 7.15. The molecule has 0 saturated heterocycles. The fourth-order valence-corrected chi connectivity index (χ4v) is 3.35. The fourth-order valence-electron chi connectivity index (χ4n) is 2.31. The van der Waals surface area contributed by atoms with Crippen molar-refractivity contribution in [2.24, 2.45) is 0 Å². The number of carbonyl (C=O) groups excluding carboxylic acids is 1. The number of nitrogens with one attached hydrogen (secondary N) is 2. The van der Waals surface area contributed by atoms with Gasteiger partial charge in [-0.15, -0.1) is 11.3 Å². The Hall–Kier alpha value is -2.02. The van der Waals surface area contributed by atoms with Crippen LogP contribution in [0, 0.1) is 0 Å². The summed E-state index contributed by atoms with van der Waals surface area (Å²) < 4.78 is 0. The maximum atomic E-state index is 12.2. The van der Waals surface area contributed by atoms with Crippen molar-refractivity contribution in [1.29, 1.82) is 0 Å². The molecule has 2 aromatic heterocycles. The molecule has 6 nitrogen and oxygen atoms in total. The second-order valence-electron chi connectivity index (χ2n) is 4.87. The van der Waals surface area contributed by atoms with Gasteiger partial charge in [-0.1, -0.05) is 0 Å². The van der Waals surface area contributed by atoms with Crippen molar-refractivity contribution in [3.05, 3.63) is 28.7 Å². The third kappa shape index (κ3) is 3.18. The van der Waals surface area contributed by atoms with Crippen molar-refractivity contribution >= 4 is 28.2 Å². The zero-order valence-electron chi connectivity index (χ0n) is 11.8. The lowest BCUT2D eigenvalue weighted by molar-refractivity contribution is 0.102. The molecule has 1 amide bonds. The van der Waals surface area contributed by atoms with E-state index in [-0.39, 0.29) is 5.91 Å². The topological polar surface area (TPSA) is 79.8 Å². The van der Waals surface area contributed by atoms with E-state index in [1.807, 2.05) is 6.92 Å². The van der Waals surface area contributed by atoms with Gasteiger partial charge in [0.15, 0.2) is 5.13 Å². The summed E-state index contributed by atoms with van der Waals surface area (Å²) >= 11 is 1.57. The predicted molar refractivity (Wildman–Crippen MR) is 82.9 cm³/mol. The van der Waals surface area contributed by atoms with E-state index in [4.69, 9.17) is 0 Å². The van der Waals surface area contributed by atoms with Crippen molar-refractivity contribution in [3.63, 3.8) is 0 Å². The molecule has 0 aromatic carbocycles. The van der Waals surface area contributed by atoms with Gasteiger partial charge in [0.25, 0.3) is 5.91 Å². The average molecular weight is 303 g/mol. The number of amides is 1. The zero-order valence-corrected chi connectivity index (χ0v) is 12.7. The van der Waals surface area contributed by atoms with Gasteiger partial charge in [-0.2, -0.15) is 0 Å². The van der Waals surface area contributed by atoms with Gasteiger partial charge in [0, 0.05) is 11.4 Å². The summed E-state index contributed by atoms with van der Waals surface area (Å²) in [5.41, 5.74) is 1.43. The van der Waals surface area contributed by atoms with Crippen molar-refractivity contribution < 1.29 is 4.79 Å². The molecule has 1 aliphatic carbocycles. The molecular weight excluding hydrogens is 286 g/mol. The molecule has 2 aromatic rings. The van der Waals surface area contributed by atoms with Crippen molar-refractivity contribution in [1.82, 2.24) is 15.0 Å². The normalized spacial score (nSPS) is 13.6. The Morgan fingerprint density at radius 1 is 1.29 bits per heavy atom. The lowest BCUT2D eigenvalue weighted by Gasteiger charge is -2.06. The zero-order chi connectivity index (χ0) is 14.7. The van der Waals surface area contributed by atoms with E-state index in [0.717, 1.165) is 25.1 Å². The molecule has 0 atom stereocenters. The number of fused-ring (bicyclic) bond motifs is 1. The summed E-state index contributed by atoms with van der Waals surface area (Å²) in [6, 6.07) is 0. The number of anilines is 2. The summed E-state index contributed by atoms with van der Waals surface area (Å²) in [5, 5.41) is 6.52. The standard InChI is InChI=1S/C14H17N5OS/c1-2-16-12-8-15-7-10(17-12)13(20)19-14-18-9-5-3-4-6-11(9)21-14/h7-8H,2-6H2,1H3,(H,16,17)(H,18,19,20). The first-order valence-electron chi connectivity index (χ1n) is 7.12. The van der Waals surface area contributed by atoms with Crippen LogP contribution in [0.4, 0.5) is 10.9 Å². The lowest BCUT2D eigenvalue weighted by Crippen LogP contribution is -2.15. The molecule has 7 heteroatoms.